The molecule has 1 fully saturated rings. The maximum Gasteiger partial charge on any atom is 0.407 e. The van der Waals surface area contributed by atoms with Crippen molar-refractivity contribution in [3.05, 3.63) is 0 Å². The molecule has 0 bridgehead atoms. The minimum Gasteiger partial charge on any atom is -0.446 e. The molecule has 1 aliphatic rings. The van der Waals surface area contributed by atoms with Gasteiger partial charge in [0.1, 0.15) is 6.10 Å². The van der Waals surface area contributed by atoms with Crippen molar-refractivity contribution < 1.29 is 9.53 Å². The Morgan fingerprint density at radius 1 is 1.25 bits per heavy atom. The summed E-state index contributed by atoms with van der Waals surface area (Å²) in [4.78, 5) is 11.9. The van der Waals surface area contributed by atoms with Crippen molar-refractivity contribution in [2.24, 2.45) is 17.8 Å². The third-order valence-electron chi connectivity index (χ3n) is 4.52. The van der Waals surface area contributed by atoms with Gasteiger partial charge in [0.05, 0.1) is 0 Å². The highest BCUT2D eigenvalue weighted by Crippen LogP contribution is 2.35. The van der Waals surface area contributed by atoms with Gasteiger partial charge in [-0.15, -0.1) is 0 Å². The molecule has 1 amide bonds. The summed E-state index contributed by atoms with van der Waals surface area (Å²) < 4.78 is 5.69. The molecule has 3 atom stereocenters. The van der Waals surface area contributed by atoms with Crippen LogP contribution in [-0.4, -0.2) is 18.7 Å². The van der Waals surface area contributed by atoms with Gasteiger partial charge in [0, 0.05) is 6.54 Å². The average Bonchev–Trinajstić information content (AvgIpc) is 2.38. The second kappa shape index (κ2) is 9.25. The van der Waals surface area contributed by atoms with E-state index in [2.05, 4.69) is 33.0 Å². The van der Waals surface area contributed by atoms with Gasteiger partial charge in [-0.1, -0.05) is 53.4 Å². The number of nitrogens with one attached hydrogen (secondary N) is 1. The first kappa shape index (κ1) is 17.3. The molecule has 0 aromatic heterocycles. The molecule has 3 heteroatoms. The van der Waals surface area contributed by atoms with Crippen LogP contribution in [0.2, 0.25) is 0 Å². The zero-order valence-corrected chi connectivity index (χ0v) is 13.8. The van der Waals surface area contributed by atoms with Gasteiger partial charge >= 0.3 is 6.09 Å². The number of hydrogen-bond acceptors (Lipinski definition) is 2. The largest absolute Gasteiger partial charge is 0.446 e. The molecule has 20 heavy (non-hydrogen) atoms. The molecular formula is C17H33NO2. The third-order valence-corrected chi connectivity index (χ3v) is 4.52. The number of carbonyl (C=O) groups is 1. The molecule has 0 aliphatic heterocycles. The van der Waals surface area contributed by atoms with E-state index in [0.29, 0.717) is 17.8 Å². The van der Waals surface area contributed by atoms with Crippen LogP contribution in [0.3, 0.4) is 0 Å². The Morgan fingerprint density at radius 2 is 2.00 bits per heavy atom. The minimum absolute atomic E-state index is 0.106. The SMILES string of the molecule is CCCCCCNC(=O)OC1C[C@@H](C)CC[C@H]1C(C)C. The van der Waals surface area contributed by atoms with E-state index in [1.54, 1.807) is 0 Å². The molecule has 0 aromatic rings. The molecule has 1 rings (SSSR count). The summed E-state index contributed by atoms with van der Waals surface area (Å²) in [7, 11) is 0. The molecule has 1 aliphatic carbocycles. The number of alkyl carbamates (subject to hydrolysis) is 1. The van der Waals surface area contributed by atoms with Crippen molar-refractivity contribution >= 4 is 6.09 Å². The van der Waals surface area contributed by atoms with Crippen LogP contribution in [0, 0.1) is 17.8 Å². The molecule has 0 heterocycles. The van der Waals surface area contributed by atoms with Crippen LogP contribution in [0.5, 0.6) is 0 Å². The van der Waals surface area contributed by atoms with Crippen LogP contribution < -0.4 is 5.32 Å². The van der Waals surface area contributed by atoms with E-state index in [-0.39, 0.29) is 12.2 Å². The van der Waals surface area contributed by atoms with E-state index in [4.69, 9.17) is 4.74 Å². The molecule has 118 valence electrons. The molecule has 1 saturated carbocycles. The predicted octanol–water partition coefficient (Wildman–Crippen LogP) is 4.75. The van der Waals surface area contributed by atoms with Crippen LogP contribution in [0.1, 0.15) is 72.6 Å². The molecule has 0 aromatic carbocycles. The van der Waals surface area contributed by atoms with Crippen LogP contribution >= 0.6 is 0 Å². The van der Waals surface area contributed by atoms with E-state index in [1.807, 2.05) is 0 Å². The van der Waals surface area contributed by atoms with Gasteiger partial charge in [-0.2, -0.15) is 0 Å². The van der Waals surface area contributed by atoms with E-state index in [1.165, 1.54) is 32.1 Å². The average molecular weight is 283 g/mol. The van der Waals surface area contributed by atoms with Gasteiger partial charge in [0.15, 0.2) is 0 Å². The van der Waals surface area contributed by atoms with E-state index < -0.39 is 0 Å². The summed E-state index contributed by atoms with van der Waals surface area (Å²) in [6.07, 6.45) is 8.07. The molecule has 3 nitrogen and oxygen atoms in total. The lowest BCUT2D eigenvalue weighted by molar-refractivity contribution is 0.00623. The summed E-state index contributed by atoms with van der Waals surface area (Å²) in [6, 6.07) is 0. The van der Waals surface area contributed by atoms with Crippen molar-refractivity contribution in [1.82, 2.24) is 5.32 Å². The first-order valence-electron chi connectivity index (χ1n) is 8.49. The highest BCUT2D eigenvalue weighted by atomic mass is 16.6. The van der Waals surface area contributed by atoms with Gasteiger partial charge in [0.2, 0.25) is 0 Å². The van der Waals surface area contributed by atoms with E-state index >= 15 is 0 Å². The third kappa shape index (κ3) is 6.15. The molecule has 1 unspecified atom stereocenters. The van der Waals surface area contributed by atoms with Crippen molar-refractivity contribution in [3.8, 4) is 0 Å². The Morgan fingerprint density at radius 3 is 2.65 bits per heavy atom. The number of unbranched alkanes of at least 4 members (excludes halogenated alkanes) is 3. The zero-order chi connectivity index (χ0) is 15.0. The Kier molecular flexibility index (Phi) is 8.01. The topological polar surface area (TPSA) is 38.3 Å². The summed E-state index contributed by atoms with van der Waals surface area (Å²) in [5.41, 5.74) is 0. The molecule has 0 radical (unpaired) electrons. The van der Waals surface area contributed by atoms with Gasteiger partial charge in [-0.05, 0) is 37.0 Å². The number of ether oxygens (including phenoxy) is 1. The van der Waals surface area contributed by atoms with Crippen LogP contribution in [0.15, 0.2) is 0 Å². The maximum atomic E-state index is 11.9. The lowest BCUT2D eigenvalue weighted by Gasteiger charge is -2.36. The summed E-state index contributed by atoms with van der Waals surface area (Å²) in [6.45, 7) is 9.67. The maximum absolute atomic E-state index is 11.9. The van der Waals surface area contributed by atoms with Gasteiger partial charge in [-0.3, -0.25) is 0 Å². The van der Waals surface area contributed by atoms with Crippen LogP contribution in [0.25, 0.3) is 0 Å². The van der Waals surface area contributed by atoms with E-state index in [0.717, 1.165) is 19.4 Å². The van der Waals surface area contributed by atoms with Gasteiger partial charge in [0.25, 0.3) is 0 Å². The summed E-state index contributed by atoms with van der Waals surface area (Å²) in [5.74, 6) is 1.79. The number of amides is 1. The monoisotopic (exact) mass is 283 g/mol. The first-order valence-corrected chi connectivity index (χ1v) is 8.49. The quantitative estimate of drug-likeness (QED) is 0.684. The Balaban J connectivity index is 2.30. The lowest BCUT2D eigenvalue weighted by atomic mass is 9.75. The smallest absolute Gasteiger partial charge is 0.407 e. The van der Waals surface area contributed by atoms with Gasteiger partial charge in [-0.25, -0.2) is 4.79 Å². The second-order valence-corrected chi connectivity index (χ2v) is 6.76. The summed E-state index contributed by atoms with van der Waals surface area (Å²) in [5, 5.41) is 2.90. The van der Waals surface area contributed by atoms with Crippen molar-refractivity contribution in [3.63, 3.8) is 0 Å². The Labute approximate surface area is 124 Å². The molecule has 0 saturated heterocycles. The Hall–Kier alpha value is -0.730. The summed E-state index contributed by atoms with van der Waals surface area (Å²) >= 11 is 0. The first-order chi connectivity index (χ1) is 9.54. The van der Waals surface area contributed by atoms with Crippen LogP contribution in [0.4, 0.5) is 4.79 Å². The fraction of sp³-hybridized carbons (Fsp3) is 0.941. The molecule has 0 spiro atoms. The highest BCUT2D eigenvalue weighted by Gasteiger charge is 2.33. The highest BCUT2D eigenvalue weighted by molar-refractivity contribution is 5.67. The molecule has 1 N–H and O–H groups in total. The number of hydrogen-bond donors (Lipinski definition) is 1. The minimum atomic E-state index is -0.216. The van der Waals surface area contributed by atoms with Crippen LogP contribution in [-0.2, 0) is 4.74 Å². The normalized spacial score (nSPS) is 26.6. The predicted molar refractivity (Wildman–Crippen MR) is 83.8 cm³/mol. The Bertz CT molecular complexity index is 278. The lowest BCUT2D eigenvalue weighted by Crippen LogP contribution is -2.39. The van der Waals surface area contributed by atoms with Crippen molar-refractivity contribution in [2.45, 2.75) is 78.7 Å². The standard InChI is InChI=1S/C17H33NO2/c1-5-6-7-8-11-18-17(19)20-16-12-14(4)9-10-15(16)13(2)3/h13-16H,5-12H2,1-4H3,(H,18,19)/t14-,15-,16?/m0/s1. The second-order valence-electron chi connectivity index (χ2n) is 6.76. The van der Waals surface area contributed by atoms with Crippen molar-refractivity contribution in [1.29, 1.82) is 0 Å². The number of carbonyl (C=O) groups excluding carboxylic acids is 1. The van der Waals surface area contributed by atoms with Gasteiger partial charge < -0.3 is 10.1 Å². The van der Waals surface area contributed by atoms with Crippen molar-refractivity contribution in [2.75, 3.05) is 6.54 Å². The zero-order valence-electron chi connectivity index (χ0n) is 13.8. The fourth-order valence-corrected chi connectivity index (χ4v) is 3.17. The van der Waals surface area contributed by atoms with E-state index in [9.17, 15) is 4.79 Å². The molecular weight excluding hydrogens is 250 g/mol. The number of rotatable bonds is 7. The fourth-order valence-electron chi connectivity index (χ4n) is 3.17.